The fourth-order valence-electron chi connectivity index (χ4n) is 2.37. The van der Waals surface area contributed by atoms with E-state index in [2.05, 4.69) is 43.0 Å². The predicted octanol–water partition coefficient (Wildman–Crippen LogP) is 3.31. The average Bonchev–Trinajstić information content (AvgIpc) is 2.42. The summed E-state index contributed by atoms with van der Waals surface area (Å²) < 4.78 is 0. The maximum absolute atomic E-state index is 10.8. The summed E-state index contributed by atoms with van der Waals surface area (Å²) in [5.74, 6) is 0. The summed E-state index contributed by atoms with van der Waals surface area (Å²) >= 11 is 0. The molecule has 0 heterocycles. The van der Waals surface area contributed by atoms with E-state index in [1.54, 1.807) is 0 Å². The molecule has 0 amide bonds. The Balaban J connectivity index is 2.67. The van der Waals surface area contributed by atoms with E-state index in [-0.39, 0.29) is 0 Å². The molecule has 1 atom stereocenters. The number of aldehydes is 1. The van der Waals surface area contributed by atoms with Crippen LogP contribution in [0.25, 0.3) is 0 Å². The third-order valence-electron chi connectivity index (χ3n) is 3.44. The largest absolute Gasteiger partial charge is 0.302 e. The molecular formula is C16H25NO. The number of hydrogen-bond acceptors (Lipinski definition) is 2. The number of carbonyl (C=O) groups excluding carboxylic acids is 1. The van der Waals surface area contributed by atoms with Crippen LogP contribution in [0.5, 0.6) is 0 Å². The van der Waals surface area contributed by atoms with Crippen LogP contribution in [-0.4, -0.2) is 30.3 Å². The highest BCUT2D eigenvalue weighted by molar-refractivity contribution is 5.52. The minimum atomic E-state index is 0.488. The van der Waals surface area contributed by atoms with Crippen LogP contribution < -0.4 is 0 Å². The van der Waals surface area contributed by atoms with Crippen molar-refractivity contribution in [3.05, 3.63) is 35.9 Å². The van der Waals surface area contributed by atoms with E-state index in [0.29, 0.717) is 12.6 Å². The van der Waals surface area contributed by atoms with Gasteiger partial charge in [0.05, 0.1) is 6.54 Å². The quantitative estimate of drug-likeness (QED) is 0.624. The van der Waals surface area contributed by atoms with Crippen molar-refractivity contribution < 1.29 is 4.79 Å². The summed E-state index contributed by atoms with van der Waals surface area (Å²) in [5.41, 5.74) is 1.36. The zero-order valence-electron chi connectivity index (χ0n) is 11.6. The lowest BCUT2D eigenvalue weighted by Gasteiger charge is -2.29. The minimum absolute atomic E-state index is 0.488. The first-order valence-electron chi connectivity index (χ1n) is 7.03. The molecule has 2 heteroatoms. The standard InChI is InChI=1S/C16H25NO/c1-3-5-11-16(17(4-2)12-13-18)14-15-9-7-6-8-10-15/h6-10,13,16H,3-5,11-12,14H2,1-2H3. The van der Waals surface area contributed by atoms with Crippen LogP contribution >= 0.6 is 0 Å². The second-order valence-electron chi connectivity index (χ2n) is 4.74. The lowest BCUT2D eigenvalue weighted by Crippen LogP contribution is -2.38. The molecule has 0 aliphatic carbocycles. The second kappa shape index (κ2) is 8.87. The number of nitrogens with zero attached hydrogens (tertiary/aromatic N) is 1. The molecule has 0 radical (unpaired) electrons. The monoisotopic (exact) mass is 247 g/mol. The summed E-state index contributed by atoms with van der Waals surface area (Å²) in [6.07, 6.45) is 5.68. The first kappa shape index (κ1) is 14.9. The first-order chi connectivity index (χ1) is 8.81. The molecule has 0 saturated carbocycles. The summed E-state index contributed by atoms with van der Waals surface area (Å²) in [4.78, 5) is 13.1. The van der Waals surface area contributed by atoms with Gasteiger partial charge in [-0.15, -0.1) is 0 Å². The third kappa shape index (κ3) is 5.01. The van der Waals surface area contributed by atoms with Crippen LogP contribution in [0, 0.1) is 0 Å². The van der Waals surface area contributed by atoms with Gasteiger partial charge in [0.1, 0.15) is 6.29 Å². The van der Waals surface area contributed by atoms with Gasteiger partial charge in [-0.05, 0) is 24.9 Å². The van der Waals surface area contributed by atoms with Gasteiger partial charge >= 0.3 is 0 Å². The van der Waals surface area contributed by atoms with E-state index >= 15 is 0 Å². The Bertz CT molecular complexity index is 323. The second-order valence-corrected chi connectivity index (χ2v) is 4.74. The van der Waals surface area contributed by atoms with Gasteiger partial charge in [-0.2, -0.15) is 0 Å². The van der Waals surface area contributed by atoms with Gasteiger partial charge in [-0.3, -0.25) is 4.90 Å². The molecule has 0 bridgehead atoms. The van der Waals surface area contributed by atoms with Crippen molar-refractivity contribution in [1.29, 1.82) is 0 Å². The predicted molar refractivity (Wildman–Crippen MR) is 76.8 cm³/mol. The average molecular weight is 247 g/mol. The number of carbonyl (C=O) groups is 1. The molecule has 1 aromatic carbocycles. The van der Waals surface area contributed by atoms with Crippen molar-refractivity contribution >= 4 is 6.29 Å². The fourth-order valence-corrected chi connectivity index (χ4v) is 2.37. The summed E-state index contributed by atoms with van der Waals surface area (Å²) in [6.45, 7) is 5.85. The van der Waals surface area contributed by atoms with Crippen LogP contribution in [0.2, 0.25) is 0 Å². The van der Waals surface area contributed by atoms with Crippen LogP contribution in [-0.2, 0) is 11.2 Å². The van der Waals surface area contributed by atoms with Crippen molar-refractivity contribution in [2.45, 2.75) is 45.6 Å². The molecule has 0 N–H and O–H groups in total. The molecule has 2 nitrogen and oxygen atoms in total. The molecule has 0 saturated heterocycles. The van der Waals surface area contributed by atoms with Gasteiger partial charge in [0.25, 0.3) is 0 Å². The van der Waals surface area contributed by atoms with Crippen molar-refractivity contribution in [2.75, 3.05) is 13.1 Å². The normalized spacial score (nSPS) is 12.6. The Hall–Kier alpha value is -1.15. The Labute approximate surface area is 111 Å². The SMILES string of the molecule is CCCCC(Cc1ccccc1)N(CC)CC=O. The molecule has 18 heavy (non-hydrogen) atoms. The van der Waals surface area contributed by atoms with Gasteiger partial charge in [0, 0.05) is 6.04 Å². The maximum Gasteiger partial charge on any atom is 0.133 e. The lowest BCUT2D eigenvalue weighted by atomic mass is 9.99. The van der Waals surface area contributed by atoms with Crippen molar-refractivity contribution in [3.63, 3.8) is 0 Å². The topological polar surface area (TPSA) is 20.3 Å². The Morgan fingerprint density at radius 3 is 2.50 bits per heavy atom. The van der Waals surface area contributed by atoms with Crippen LogP contribution in [0.15, 0.2) is 30.3 Å². The molecule has 1 unspecified atom stereocenters. The van der Waals surface area contributed by atoms with Gasteiger partial charge in [0.2, 0.25) is 0 Å². The summed E-state index contributed by atoms with van der Waals surface area (Å²) in [6, 6.07) is 11.1. The fraction of sp³-hybridized carbons (Fsp3) is 0.562. The van der Waals surface area contributed by atoms with Crippen LogP contribution in [0.4, 0.5) is 0 Å². The van der Waals surface area contributed by atoms with E-state index in [9.17, 15) is 4.79 Å². The zero-order valence-corrected chi connectivity index (χ0v) is 11.6. The van der Waals surface area contributed by atoms with Gasteiger partial charge < -0.3 is 4.79 Å². The highest BCUT2D eigenvalue weighted by Crippen LogP contribution is 2.14. The molecule has 0 fully saturated rings. The molecule has 0 aliphatic rings. The maximum atomic E-state index is 10.8. The summed E-state index contributed by atoms with van der Waals surface area (Å²) in [5, 5.41) is 0. The molecule has 0 aliphatic heterocycles. The summed E-state index contributed by atoms with van der Waals surface area (Å²) in [7, 11) is 0. The Morgan fingerprint density at radius 1 is 1.22 bits per heavy atom. The highest BCUT2D eigenvalue weighted by atomic mass is 16.1. The minimum Gasteiger partial charge on any atom is -0.302 e. The smallest absolute Gasteiger partial charge is 0.133 e. The van der Waals surface area contributed by atoms with E-state index < -0.39 is 0 Å². The molecule has 0 spiro atoms. The highest BCUT2D eigenvalue weighted by Gasteiger charge is 2.16. The van der Waals surface area contributed by atoms with Gasteiger partial charge in [-0.25, -0.2) is 0 Å². The van der Waals surface area contributed by atoms with E-state index in [4.69, 9.17) is 0 Å². The number of rotatable bonds is 9. The Kier molecular flexibility index (Phi) is 7.35. The number of unbranched alkanes of at least 4 members (excludes halogenated alkanes) is 1. The molecule has 1 rings (SSSR count). The van der Waals surface area contributed by atoms with Gasteiger partial charge in [-0.1, -0.05) is 57.0 Å². The van der Waals surface area contributed by atoms with Crippen molar-refractivity contribution in [1.82, 2.24) is 4.90 Å². The van der Waals surface area contributed by atoms with E-state index in [1.807, 2.05) is 6.07 Å². The molecule has 0 aromatic heterocycles. The lowest BCUT2D eigenvalue weighted by molar-refractivity contribution is -0.109. The number of benzene rings is 1. The molecular weight excluding hydrogens is 222 g/mol. The van der Waals surface area contributed by atoms with E-state index in [0.717, 1.165) is 19.3 Å². The van der Waals surface area contributed by atoms with Crippen molar-refractivity contribution in [3.8, 4) is 0 Å². The van der Waals surface area contributed by atoms with Crippen LogP contribution in [0.1, 0.15) is 38.7 Å². The van der Waals surface area contributed by atoms with Crippen molar-refractivity contribution in [2.24, 2.45) is 0 Å². The first-order valence-corrected chi connectivity index (χ1v) is 7.03. The van der Waals surface area contributed by atoms with Gasteiger partial charge in [0.15, 0.2) is 0 Å². The molecule has 1 aromatic rings. The third-order valence-corrected chi connectivity index (χ3v) is 3.44. The number of hydrogen-bond donors (Lipinski definition) is 0. The Morgan fingerprint density at radius 2 is 1.94 bits per heavy atom. The van der Waals surface area contributed by atoms with E-state index in [1.165, 1.54) is 24.8 Å². The zero-order chi connectivity index (χ0) is 13.2. The molecule has 100 valence electrons. The number of likely N-dealkylation sites (N-methyl/N-ethyl adjacent to an activating group) is 1. The van der Waals surface area contributed by atoms with Crippen LogP contribution in [0.3, 0.4) is 0 Å².